The van der Waals surface area contributed by atoms with E-state index in [0.29, 0.717) is 17.8 Å². The lowest BCUT2D eigenvalue weighted by Crippen LogP contribution is -2.44. The molecule has 1 saturated carbocycles. The van der Waals surface area contributed by atoms with Gasteiger partial charge >= 0.3 is 6.03 Å². The Bertz CT molecular complexity index is 396. The summed E-state index contributed by atoms with van der Waals surface area (Å²) in [5.74, 6) is 1.12. The van der Waals surface area contributed by atoms with Crippen molar-refractivity contribution in [2.75, 3.05) is 5.75 Å². The van der Waals surface area contributed by atoms with Gasteiger partial charge in [-0.15, -0.1) is 0 Å². The number of carbonyl (C=O) groups excluding carboxylic acids is 1. The number of amides is 2. The van der Waals surface area contributed by atoms with Gasteiger partial charge in [-0.05, 0) is 24.2 Å². The minimum atomic E-state index is -0.0440. The van der Waals surface area contributed by atoms with Gasteiger partial charge in [-0.25, -0.2) is 4.79 Å². The topological polar surface area (TPSA) is 41.1 Å². The molecule has 0 heterocycles. The van der Waals surface area contributed by atoms with Gasteiger partial charge in [0.1, 0.15) is 0 Å². The van der Waals surface area contributed by atoms with E-state index in [1.165, 1.54) is 12.8 Å². The molecule has 2 unspecified atom stereocenters. The number of urea groups is 1. The normalized spacial score (nSPS) is 22.2. The first-order valence-electron chi connectivity index (χ1n) is 6.99. The second-order valence-corrected chi connectivity index (χ2v) is 6.36. The fourth-order valence-corrected chi connectivity index (χ4v) is 3.70. The van der Waals surface area contributed by atoms with Crippen LogP contribution in [-0.2, 0) is 6.54 Å². The van der Waals surface area contributed by atoms with Crippen LogP contribution in [0.3, 0.4) is 0 Å². The Morgan fingerprint density at radius 1 is 1.32 bits per heavy atom. The lowest BCUT2D eigenvalue weighted by molar-refractivity contribution is 0.237. The number of thioether (sulfide) groups is 1. The van der Waals surface area contributed by atoms with E-state index in [9.17, 15) is 4.79 Å². The first-order chi connectivity index (χ1) is 9.29. The summed E-state index contributed by atoms with van der Waals surface area (Å²) in [4.78, 5) is 11.9. The highest BCUT2D eigenvalue weighted by Gasteiger charge is 2.28. The molecule has 0 saturated heterocycles. The first kappa shape index (κ1) is 14.3. The Balaban J connectivity index is 1.75. The summed E-state index contributed by atoms with van der Waals surface area (Å²) in [5.41, 5.74) is 1.13. The Hall–Kier alpha value is -1.16. The molecule has 0 aromatic heterocycles. The number of rotatable bonds is 5. The van der Waals surface area contributed by atoms with Gasteiger partial charge in [0, 0.05) is 17.8 Å². The Morgan fingerprint density at radius 3 is 2.84 bits per heavy atom. The third kappa shape index (κ3) is 4.46. The van der Waals surface area contributed by atoms with Crippen LogP contribution in [0, 0.1) is 0 Å². The molecule has 2 N–H and O–H groups in total. The molecular weight excluding hydrogens is 256 g/mol. The van der Waals surface area contributed by atoms with E-state index in [2.05, 4.69) is 17.6 Å². The lowest BCUT2D eigenvalue weighted by atomic mass is 10.2. The van der Waals surface area contributed by atoms with Crippen LogP contribution in [0.4, 0.5) is 4.79 Å². The average molecular weight is 278 g/mol. The van der Waals surface area contributed by atoms with Gasteiger partial charge in [0.2, 0.25) is 0 Å². The molecule has 0 aliphatic heterocycles. The molecule has 1 aromatic rings. The smallest absolute Gasteiger partial charge is 0.315 e. The first-order valence-corrected chi connectivity index (χ1v) is 8.04. The molecule has 3 nitrogen and oxygen atoms in total. The number of hydrogen-bond donors (Lipinski definition) is 2. The second kappa shape index (κ2) is 7.43. The maximum absolute atomic E-state index is 11.9. The predicted octanol–water partition coefficient (Wildman–Crippen LogP) is 3.16. The maximum Gasteiger partial charge on any atom is 0.315 e. The molecule has 2 amide bonds. The summed E-state index contributed by atoms with van der Waals surface area (Å²) in [7, 11) is 0. The number of hydrogen-bond acceptors (Lipinski definition) is 2. The summed E-state index contributed by atoms with van der Waals surface area (Å²) < 4.78 is 0. The van der Waals surface area contributed by atoms with Crippen molar-refractivity contribution in [2.24, 2.45) is 0 Å². The highest BCUT2D eigenvalue weighted by molar-refractivity contribution is 7.99. The number of nitrogens with one attached hydrogen (secondary N) is 2. The Kier molecular flexibility index (Phi) is 5.58. The van der Waals surface area contributed by atoms with E-state index in [-0.39, 0.29) is 6.03 Å². The van der Waals surface area contributed by atoms with E-state index < -0.39 is 0 Å². The van der Waals surface area contributed by atoms with Crippen LogP contribution in [0.1, 0.15) is 31.7 Å². The van der Waals surface area contributed by atoms with Crippen molar-refractivity contribution in [1.29, 1.82) is 0 Å². The molecule has 0 bridgehead atoms. The molecule has 0 radical (unpaired) electrons. The third-order valence-corrected chi connectivity index (χ3v) is 4.77. The minimum absolute atomic E-state index is 0.0440. The minimum Gasteiger partial charge on any atom is -0.334 e. The van der Waals surface area contributed by atoms with Crippen LogP contribution in [0.25, 0.3) is 0 Å². The molecule has 0 spiro atoms. The summed E-state index contributed by atoms with van der Waals surface area (Å²) >= 11 is 1.96. The van der Waals surface area contributed by atoms with Crippen LogP contribution in [0.5, 0.6) is 0 Å². The van der Waals surface area contributed by atoms with Gasteiger partial charge in [0.25, 0.3) is 0 Å². The summed E-state index contributed by atoms with van der Waals surface area (Å²) in [6.45, 7) is 2.76. The van der Waals surface area contributed by atoms with Crippen molar-refractivity contribution in [1.82, 2.24) is 10.6 Å². The molecule has 104 valence electrons. The SMILES string of the molecule is CCSC1CCCC1NC(=O)NCc1ccccc1. The van der Waals surface area contributed by atoms with Crippen molar-refractivity contribution in [2.45, 2.75) is 44.0 Å². The molecule has 4 heteroatoms. The molecule has 1 aliphatic carbocycles. The molecule has 2 atom stereocenters. The zero-order valence-corrected chi connectivity index (χ0v) is 12.2. The van der Waals surface area contributed by atoms with Gasteiger partial charge in [0.15, 0.2) is 0 Å². The highest BCUT2D eigenvalue weighted by atomic mass is 32.2. The van der Waals surface area contributed by atoms with E-state index in [1.54, 1.807) is 0 Å². The predicted molar refractivity (Wildman–Crippen MR) is 81.4 cm³/mol. The number of carbonyl (C=O) groups is 1. The highest BCUT2D eigenvalue weighted by Crippen LogP contribution is 2.29. The van der Waals surface area contributed by atoms with Crippen molar-refractivity contribution in [3.05, 3.63) is 35.9 Å². The van der Waals surface area contributed by atoms with Gasteiger partial charge < -0.3 is 10.6 Å². The largest absolute Gasteiger partial charge is 0.334 e. The fourth-order valence-electron chi connectivity index (χ4n) is 2.50. The monoisotopic (exact) mass is 278 g/mol. The average Bonchev–Trinajstić information content (AvgIpc) is 2.85. The summed E-state index contributed by atoms with van der Waals surface area (Å²) in [6.07, 6.45) is 3.56. The molecular formula is C15H22N2OS. The van der Waals surface area contributed by atoms with E-state index in [1.807, 2.05) is 42.1 Å². The quantitative estimate of drug-likeness (QED) is 0.868. The van der Waals surface area contributed by atoms with Gasteiger partial charge in [0.05, 0.1) is 0 Å². The van der Waals surface area contributed by atoms with Crippen molar-refractivity contribution >= 4 is 17.8 Å². The summed E-state index contributed by atoms with van der Waals surface area (Å²) in [6, 6.07) is 10.3. The van der Waals surface area contributed by atoms with Crippen molar-refractivity contribution in [3.8, 4) is 0 Å². The maximum atomic E-state index is 11.9. The van der Waals surface area contributed by atoms with Crippen LogP contribution < -0.4 is 10.6 Å². The van der Waals surface area contributed by atoms with Crippen LogP contribution >= 0.6 is 11.8 Å². The molecule has 1 fully saturated rings. The Morgan fingerprint density at radius 2 is 2.11 bits per heavy atom. The van der Waals surface area contributed by atoms with Gasteiger partial charge in [-0.1, -0.05) is 43.7 Å². The molecule has 1 aromatic carbocycles. The fraction of sp³-hybridized carbons (Fsp3) is 0.533. The Labute approximate surface area is 119 Å². The van der Waals surface area contributed by atoms with E-state index in [4.69, 9.17) is 0 Å². The van der Waals surface area contributed by atoms with Gasteiger partial charge in [-0.2, -0.15) is 11.8 Å². The van der Waals surface area contributed by atoms with Crippen LogP contribution in [0.15, 0.2) is 30.3 Å². The van der Waals surface area contributed by atoms with Crippen molar-refractivity contribution in [3.63, 3.8) is 0 Å². The number of benzene rings is 1. The summed E-state index contributed by atoms with van der Waals surface area (Å²) in [5, 5.41) is 6.63. The van der Waals surface area contributed by atoms with E-state index >= 15 is 0 Å². The van der Waals surface area contributed by atoms with Crippen LogP contribution in [-0.4, -0.2) is 23.1 Å². The third-order valence-electron chi connectivity index (χ3n) is 3.45. The lowest BCUT2D eigenvalue weighted by Gasteiger charge is -2.20. The van der Waals surface area contributed by atoms with Crippen molar-refractivity contribution < 1.29 is 4.79 Å². The zero-order valence-electron chi connectivity index (χ0n) is 11.4. The van der Waals surface area contributed by atoms with Crippen LogP contribution in [0.2, 0.25) is 0 Å². The second-order valence-electron chi connectivity index (χ2n) is 4.84. The molecule has 19 heavy (non-hydrogen) atoms. The molecule has 1 aliphatic rings. The zero-order chi connectivity index (χ0) is 13.5. The molecule has 2 rings (SSSR count). The standard InChI is InChI=1S/C15H22N2OS/c1-2-19-14-10-6-9-13(14)17-15(18)16-11-12-7-4-3-5-8-12/h3-5,7-8,13-14H,2,6,9-11H2,1H3,(H2,16,17,18). The van der Waals surface area contributed by atoms with E-state index in [0.717, 1.165) is 17.7 Å². The van der Waals surface area contributed by atoms with Gasteiger partial charge in [-0.3, -0.25) is 0 Å².